The highest BCUT2D eigenvalue weighted by atomic mass is 32.1. The Morgan fingerprint density at radius 3 is 2.90 bits per heavy atom. The molecular formula is C15H13N3O2S. The van der Waals surface area contributed by atoms with Crippen molar-refractivity contribution < 1.29 is 9.90 Å². The first-order chi connectivity index (χ1) is 10.2. The SMILES string of the molecule is N#Cc1ccc(CNc2nc3c(s2)CCC3C(=O)O)cc1. The normalized spacial score (nSPS) is 16.2. The fourth-order valence-corrected chi connectivity index (χ4v) is 3.45. The lowest BCUT2D eigenvalue weighted by Gasteiger charge is -2.04. The van der Waals surface area contributed by atoms with Crippen molar-refractivity contribution in [2.45, 2.75) is 25.3 Å². The van der Waals surface area contributed by atoms with E-state index in [-0.39, 0.29) is 0 Å². The van der Waals surface area contributed by atoms with Crippen molar-refractivity contribution in [2.24, 2.45) is 0 Å². The average Bonchev–Trinajstić information content (AvgIpc) is 3.05. The van der Waals surface area contributed by atoms with E-state index in [1.807, 2.05) is 12.1 Å². The van der Waals surface area contributed by atoms with Crippen LogP contribution in [0.25, 0.3) is 0 Å². The van der Waals surface area contributed by atoms with Crippen LogP contribution in [0.2, 0.25) is 0 Å². The van der Waals surface area contributed by atoms with E-state index < -0.39 is 11.9 Å². The zero-order valence-electron chi connectivity index (χ0n) is 11.2. The van der Waals surface area contributed by atoms with Crippen molar-refractivity contribution >= 4 is 22.4 Å². The number of nitriles is 1. The van der Waals surface area contributed by atoms with Gasteiger partial charge in [0.1, 0.15) is 5.92 Å². The minimum atomic E-state index is -0.794. The zero-order chi connectivity index (χ0) is 14.8. The van der Waals surface area contributed by atoms with Crippen LogP contribution >= 0.6 is 11.3 Å². The molecule has 0 saturated heterocycles. The molecule has 1 heterocycles. The van der Waals surface area contributed by atoms with E-state index in [0.717, 1.165) is 27.7 Å². The number of aliphatic carboxylic acids is 1. The van der Waals surface area contributed by atoms with Crippen LogP contribution in [0.3, 0.4) is 0 Å². The topological polar surface area (TPSA) is 86.0 Å². The highest BCUT2D eigenvalue weighted by molar-refractivity contribution is 7.15. The van der Waals surface area contributed by atoms with E-state index in [1.54, 1.807) is 12.1 Å². The third-order valence-electron chi connectivity index (χ3n) is 3.54. The number of nitrogens with one attached hydrogen (secondary N) is 1. The number of rotatable bonds is 4. The number of thiazole rings is 1. The molecule has 0 fully saturated rings. The van der Waals surface area contributed by atoms with Crippen molar-refractivity contribution in [1.82, 2.24) is 4.98 Å². The van der Waals surface area contributed by atoms with Crippen LogP contribution in [0.1, 0.15) is 34.0 Å². The second kappa shape index (κ2) is 5.54. The highest BCUT2D eigenvalue weighted by Crippen LogP contribution is 2.38. The molecule has 0 amide bonds. The van der Waals surface area contributed by atoms with Crippen molar-refractivity contribution in [2.75, 3.05) is 5.32 Å². The number of carboxylic acid groups (broad SMARTS) is 1. The molecule has 21 heavy (non-hydrogen) atoms. The molecule has 3 rings (SSSR count). The van der Waals surface area contributed by atoms with Crippen molar-refractivity contribution in [3.8, 4) is 6.07 Å². The van der Waals surface area contributed by atoms with Gasteiger partial charge in [-0.1, -0.05) is 12.1 Å². The Bertz CT molecular complexity index is 716. The Hall–Kier alpha value is -2.39. The fraction of sp³-hybridized carbons (Fsp3) is 0.267. The first-order valence-electron chi connectivity index (χ1n) is 6.62. The molecule has 1 aromatic heterocycles. The van der Waals surface area contributed by atoms with Crippen LogP contribution in [-0.2, 0) is 17.8 Å². The maximum absolute atomic E-state index is 11.1. The Morgan fingerprint density at radius 1 is 1.48 bits per heavy atom. The van der Waals surface area contributed by atoms with Crippen molar-refractivity contribution in [3.05, 3.63) is 46.0 Å². The van der Waals surface area contributed by atoms with Gasteiger partial charge < -0.3 is 10.4 Å². The third kappa shape index (κ3) is 2.73. The first kappa shape index (κ1) is 13.6. The molecule has 2 aromatic rings. The lowest BCUT2D eigenvalue weighted by atomic mass is 10.1. The molecular weight excluding hydrogens is 286 g/mol. The molecule has 1 aromatic carbocycles. The van der Waals surface area contributed by atoms with Gasteiger partial charge in [-0.15, -0.1) is 11.3 Å². The van der Waals surface area contributed by atoms with Gasteiger partial charge in [-0.2, -0.15) is 5.26 Å². The van der Waals surface area contributed by atoms with Gasteiger partial charge in [-0.05, 0) is 30.5 Å². The van der Waals surface area contributed by atoms with Gasteiger partial charge >= 0.3 is 5.97 Å². The summed E-state index contributed by atoms with van der Waals surface area (Å²) in [5.74, 6) is -1.25. The summed E-state index contributed by atoms with van der Waals surface area (Å²) in [7, 11) is 0. The molecule has 0 radical (unpaired) electrons. The molecule has 1 unspecified atom stereocenters. The molecule has 1 atom stereocenters. The van der Waals surface area contributed by atoms with E-state index in [4.69, 9.17) is 10.4 Å². The maximum Gasteiger partial charge on any atom is 0.312 e. The maximum atomic E-state index is 11.1. The van der Waals surface area contributed by atoms with E-state index >= 15 is 0 Å². The van der Waals surface area contributed by atoms with Gasteiger partial charge in [0, 0.05) is 11.4 Å². The predicted molar refractivity (Wildman–Crippen MR) is 79.3 cm³/mol. The van der Waals surface area contributed by atoms with Crippen LogP contribution in [-0.4, -0.2) is 16.1 Å². The molecule has 0 saturated carbocycles. The minimum absolute atomic E-state index is 0.457. The Balaban J connectivity index is 1.68. The summed E-state index contributed by atoms with van der Waals surface area (Å²) in [5, 5.41) is 21.9. The lowest BCUT2D eigenvalue weighted by molar-refractivity contribution is -0.138. The van der Waals surface area contributed by atoms with Gasteiger partial charge in [0.15, 0.2) is 5.13 Å². The molecule has 5 nitrogen and oxygen atoms in total. The Labute approximate surface area is 125 Å². The number of fused-ring (bicyclic) bond motifs is 1. The summed E-state index contributed by atoms with van der Waals surface area (Å²) in [6.45, 7) is 0.607. The Morgan fingerprint density at radius 2 is 2.24 bits per heavy atom. The molecule has 1 aliphatic rings. The molecule has 6 heteroatoms. The minimum Gasteiger partial charge on any atom is -0.481 e. The van der Waals surface area contributed by atoms with Crippen LogP contribution in [0, 0.1) is 11.3 Å². The van der Waals surface area contributed by atoms with Crippen molar-refractivity contribution in [3.63, 3.8) is 0 Å². The number of nitrogens with zero attached hydrogens (tertiary/aromatic N) is 2. The largest absolute Gasteiger partial charge is 0.481 e. The third-order valence-corrected chi connectivity index (χ3v) is 4.63. The summed E-state index contributed by atoms with van der Waals surface area (Å²) < 4.78 is 0. The number of carboxylic acids is 1. The number of aryl methyl sites for hydroxylation is 1. The van der Waals surface area contributed by atoms with Crippen LogP contribution in [0.4, 0.5) is 5.13 Å². The zero-order valence-corrected chi connectivity index (χ0v) is 12.0. The average molecular weight is 299 g/mol. The van der Waals surface area contributed by atoms with Gasteiger partial charge in [0.05, 0.1) is 17.3 Å². The number of carbonyl (C=O) groups is 1. The van der Waals surface area contributed by atoms with E-state index in [1.165, 1.54) is 11.3 Å². The van der Waals surface area contributed by atoms with E-state index in [0.29, 0.717) is 18.5 Å². The summed E-state index contributed by atoms with van der Waals surface area (Å²) in [6, 6.07) is 9.43. The van der Waals surface area contributed by atoms with E-state index in [9.17, 15) is 4.79 Å². The first-order valence-corrected chi connectivity index (χ1v) is 7.44. The second-order valence-corrected chi connectivity index (χ2v) is 6.00. The molecule has 0 aliphatic heterocycles. The second-order valence-electron chi connectivity index (χ2n) is 4.92. The van der Waals surface area contributed by atoms with Gasteiger partial charge in [-0.25, -0.2) is 4.98 Å². The van der Waals surface area contributed by atoms with Crippen LogP contribution in [0.15, 0.2) is 24.3 Å². The van der Waals surface area contributed by atoms with Gasteiger partial charge in [-0.3, -0.25) is 4.79 Å². The van der Waals surface area contributed by atoms with Crippen molar-refractivity contribution in [1.29, 1.82) is 5.26 Å². The molecule has 106 valence electrons. The molecule has 0 spiro atoms. The summed E-state index contributed by atoms with van der Waals surface area (Å²) >= 11 is 1.53. The number of anilines is 1. The number of benzene rings is 1. The quantitative estimate of drug-likeness (QED) is 0.906. The monoisotopic (exact) mass is 299 g/mol. The smallest absolute Gasteiger partial charge is 0.312 e. The highest BCUT2D eigenvalue weighted by Gasteiger charge is 2.32. The summed E-state index contributed by atoms with van der Waals surface area (Å²) in [4.78, 5) is 16.6. The Kier molecular flexibility index (Phi) is 3.59. The molecule has 0 bridgehead atoms. The van der Waals surface area contributed by atoms with Crippen LogP contribution in [0.5, 0.6) is 0 Å². The summed E-state index contributed by atoms with van der Waals surface area (Å²) in [6.07, 6.45) is 1.45. The van der Waals surface area contributed by atoms with Gasteiger partial charge in [0.2, 0.25) is 0 Å². The number of hydrogen-bond donors (Lipinski definition) is 2. The van der Waals surface area contributed by atoms with E-state index in [2.05, 4.69) is 16.4 Å². The van der Waals surface area contributed by atoms with Gasteiger partial charge in [0.25, 0.3) is 0 Å². The summed E-state index contributed by atoms with van der Waals surface area (Å²) in [5.41, 5.74) is 2.41. The number of aromatic nitrogens is 1. The predicted octanol–water partition coefficient (Wildman–Crippen LogP) is 2.74. The molecule has 1 aliphatic carbocycles. The standard InChI is InChI=1S/C15H13N3O2S/c16-7-9-1-3-10(4-2-9)8-17-15-18-13-11(14(19)20)5-6-12(13)21-15/h1-4,11H,5-6,8H2,(H,17,18)(H,19,20). The number of hydrogen-bond acceptors (Lipinski definition) is 5. The fourth-order valence-electron chi connectivity index (χ4n) is 2.42. The lowest BCUT2D eigenvalue weighted by Crippen LogP contribution is -2.09. The van der Waals surface area contributed by atoms with Crippen LogP contribution < -0.4 is 5.32 Å². The molecule has 2 N–H and O–H groups in total.